The second kappa shape index (κ2) is 4.78. The van der Waals surface area contributed by atoms with Crippen molar-refractivity contribution in [2.24, 2.45) is 0 Å². The van der Waals surface area contributed by atoms with Crippen molar-refractivity contribution in [2.75, 3.05) is 19.8 Å². The summed E-state index contributed by atoms with van der Waals surface area (Å²) in [6, 6.07) is 4.83. The molecule has 86 valence electrons. The van der Waals surface area contributed by atoms with Gasteiger partial charge in [0.2, 0.25) is 0 Å². The smallest absolute Gasteiger partial charge is 0.288 e. The number of morpholine rings is 1. The number of rotatable bonds is 2. The van der Waals surface area contributed by atoms with Gasteiger partial charge in [0.15, 0.2) is 0 Å². The van der Waals surface area contributed by atoms with Crippen LogP contribution in [0.2, 0.25) is 5.02 Å². The molecule has 1 aliphatic rings. The van der Waals surface area contributed by atoms with Gasteiger partial charge in [-0.15, -0.1) is 0 Å². The van der Waals surface area contributed by atoms with Crippen molar-refractivity contribution in [3.63, 3.8) is 0 Å². The molecule has 1 saturated heterocycles. The molecule has 0 unspecified atom stereocenters. The highest BCUT2D eigenvalue weighted by atomic mass is 35.5. The average Bonchev–Trinajstić information content (AvgIpc) is 2.30. The van der Waals surface area contributed by atoms with Crippen LogP contribution < -0.4 is 5.32 Å². The molecule has 0 aromatic heterocycles. The summed E-state index contributed by atoms with van der Waals surface area (Å²) in [5.41, 5.74) is 0.766. The zero-order valence-electron chi connectivity index (χ0n) is 8.48. The molecule has 6 heteroatoms. The van der Waals surface area contributed by atoms with Crippen LogP contribution in [0.4, 0.5) is 5.69 Å². The number of nitro groups is 1. The number of nitrogens with zero attached hydrogens (tertiary/aromatic N) is 1. The van der Waals surface area contributed by atoms with Crippen molar-refractivity contribution < 1.29 is 9.66 Å². The summed E-state index contributed by atoms with van der Waals surface area (Å²) in [6.45, 7) is 1.95. The molecule has 1 aromatic carbocycles. The van der Waals surface area contributed by atoms with E-state index < -0.39 is 4.92 Å². The third-order valence-electron chi connectivity index (χ3n) is 2.49. The molecule has 0 bridgehead atoms. The summed E-state index contributed by atoms with van der Waals surface area (Å²) in [4.78, 5) is 10.2. The molecule has 5 nitrogen and oxygen atoms in total. The van der Waals surface area contributed by atoms with Crippen LogP contribution in [0.25, 0.3) is 0 Å². The van der Waals surface area contributed by atoms with Gasteiger partial charge in [-0.1, -0.05) is 17.7 Å². The SMILES string of the molecule is O=[N+]([O-])c1cc([C@@H]2COCCN2)ccc1Cl. The van der Waals surface area contributed by atoms with Crippen LogP contribution in [-0.2, 0) is 4.74 Å². The first kappa shape index (κ1) is 11.3. The van der Waals surface area contributed by atoms with E-state index in [4.69, 9.17) is 16.3 Å². The van der Waals surface area contributed by atoms with Crippen LogP contribution in [-0.4, -0.2) is 24.7 Å². The van der Waals surface area contributed by atoms with E-state index in [-0.39, 0.29) is 16.8 Å². The fraction of sp³-hybridized carbons (Fsp3) is 0.400. The fourth-order valence-electron chi connectivity index (χ4n) is 1.67. The first-order valence-corrected chi connectivity index (χ1v) is 5.31. The average molecular weight is 243 g/mol. The van der Waals surface area contributed by atoms with Gasteiger partial charge in [-0.05, 0) is 11.6 Å². The molecule has 1 fully saturated rings. The van der Waals surface area contributed by atoms with Gasteiger partial charge in [0.1, 0.15) is 5.02 Å². The quantitative estimate of drug-likeness (QED) is 0.636. The van der Waals surface area contributed by atoms with Crippen LogP contribution in [0.15, 0.2) is 18.2 Å². The van der Waals surface area contributed by atoms with Gasteiger partial charge in [-0.25, -0.2) is 0 Å². The Morgan fingerprint density at radius 1 is 1.56 bits per heavy atom. The first-order chi connectivity index (χ1) is 7.68. The molecule has 1 aliphatic heterocycles. The number of hydrogen-bond acceptors (Lipinski definition) is 4. The Labute approximate surface area is 97.5 Å². The molecule has 16 heavy (non-hydrogen) atoms. The van der Waals surface area contributed by atoms with Gasteiger partial charge >= 0.3 is 0 Å². The number of nitrogens with one attached hydrogen (secondary N) is 1. The molecule has 1 atom stereocenters. The monoisotopic (exact) mass is 242 g/mol. The summed E-state index contributed by atoms with van der Waals surface area (Å²) in [5, 5.41) is 14.1. The summed E-state index contributed by atoms with van der Waals surface area (Å²) in [5.74, 6) is 0. The van der Waals surface area contributed by atoms with E-state index in [1.54, 1.807) is 12.1 Å². The Morgan fingerprint density at radius 2 is 2.38 bits per heavy atom. The third kappa shape index (κ3) is 2.32. The Morgan fingerprint density at radius 3 is 3.00 bits per heavy atom. The predicted octanol–water partition coefficient (Wildman–Crippen LogP) is 1.91. The third-order valence-corrected chi connectivity index (χ3v) is 2.81. The summed E-state index contributed by atoms with van der Waals surface area (Å²) in [6.07, 6.45) is 0. The van der Waals surface area contributed by atoms with E-state index in [1.807, 2.05) is 0 Å². The van der Waals surface area contributed by atoms with Crippen molar-refractivity contribution >= 4 is 17.3 Å². The fourth-order valence-corrected chi connectivity index (χ4v) is 1.85. The highest BCUT2D eigenvalue weighted by Gasteiger charge is 2.19. The van der Waals surface area contributed by atoms with Crippen LogP contribution >= 0.6 is 11.6 Å². The molecule has 0 spiro atoms. The maximum atomic E-state index is 10.7. The van der Waals surface area contributed by atoms with Gasteiger partial charge in [-0.2, -0.15) is 0 Å². The van der Waals surface area contributed by atoms with Crippen molar-refractivity contribution in [1.29, 1.82) is 0 Å². The van der Waals surface area contributed by atoms with Crippen LogP contribution in [0.3, 0.4) is 0 Å². The lowest BCUT2D eigenvalue weighted by atomic mass is 10.1. The highest BCUT2D eigenvalue weighted by Crippen LogP contribution is 2.28. The summed E-state index contributed by atoms with van der Waals surface area (Å²) in [7, 11) is 0. The van der Waals surface area contributed by atoms with Gasteiger partial charge in [-0.3, -0.25) is 10.1 Å². The van der Waals surface area contributed by atoms with Crippen LogP contribution in [0, 0.1) is 10.1 Å². The maximum absolute atomic E-state index is 10.7. The Kier molecular flexibility index (Phi) is 3.38. The van der Waals surface area contributed by atoms with Crippen molar-refractivity contribution in [1.82, 2.24) is 5.32 Å². The van der Waals surface area contributed by atoms with Crippen LogP contribution in [0.1, 0.15) is 11.6 Å². The standard InChI is InChI=1S/C10H11ClN2O3/c11-8-2-1-7(5-10(8)13(14)15)9-6-16-4-3-12-9/h1-2,5,9,12H,3-4,6H2/t9-/m0/s1. The van der Waals surface area contributed by atoms with E-state index in [2.05, 4.69) is 5.32 Å². The Bertz CT molecular complexity index is 405. The molecular weight excluding hydrogens is 232 g/mol. The minimum Gasteiger partial charge on any atom is -0.378 e. The molecule has 1 aromatic rings. The molecule has 0 radical (unpaired) electrons. The zero-order valence-corrected chi connectivity index (χ0v) is 9.24. The number of benzene rings is 1. The lowest BCUT2D eigenvalue weighted by Gasteiger charge is -2.24. The largest absolute Gasteiger partial charge is 0.378 e. The molecular formula is C10H11ClN2O3. The second-order valence-corrected chi connectivity index (χ2v) is 3.96. The van der Waals surface area contributed by atoms with E-state index in [9.17, 15) is 10.1 Å². The highest BCUT2D eigenvalue weighted by molar-refractivity contribution is 6.32. The number of nitro benzene ring substituents is 1. The molecule has 1 heterocycles. The summed E-state index contributed by atoms with van der Waals surface area (Å²) >= 11 is 5.74. The van der Waals surface area contributed by atoms with Gasteiger partial charge in [0.05, 0.1) is 24.2 Å². The second-order valence-electron chi connectivity index (χ2n) is 3.55. The van der Waals surface area contributed by atoms with Crippen molar-refractivity contribution in [2.45, 2.75) is 6.04 Å². The van der Waals surface area contributed by atoms with Crippen molar-refractivity contribution in [3.05, 3.63) is 38.9 Å². The lowest BCUT2D eigenvalue weighted by Crippen LogP contribution is -2.34. The topological polar surface area (TPSA) is 64.4 Å². The number of halogens is 1. The van der Waals surface area contributed by atoms with Crippen LogP contribution in [0.5, 0.6) is 0 Å². The normalized spacial score (nSPS) is 20.7. The van der Waals surface area contributed by atoms with E-state index in [0.717, 1.165) is 12.1 Å². The first-order valence-electron chi connectivity index (χ1n) is 4.93. The molecule has 0 saturated carbocycles. The lowest BCUT2D eigenvalue weighted by molar-refractivity contribution is -0.384. The van der Waals surface area contributed by atoms with Gasteiger partial charge in [0.25, 0.3) is 5.69 Å². The molecule has 2 rings (SSSR count). The zero-order chi connectivity index (χ0) is 11.5. The van der Waals surface area contributed by atoms with E-state index >= 15 is 0 Å². The van der Waals surface area contributed by atoms with E-state index in [1.165, 1.54) is 6.07 Å². The van der Waals surface area contributed by atoms with Gasteiger partial charge < -0.3 is 10.1 Å². The minimum atomic E-state index is -0.477. The van der Waals surface area contributed by atoms with Gasteiger partial charge in [0, 0.05) is 12.6 Å². The van der Waals surface area contributed by atoms with Crippen molar-refractivity contribution in [3.8, 4) is 0 Å². The Balaban J connectivity index is 2.27. The molecule has 0 amide bonds. The molecule has 1 N–H and O–H groups in total. The van der Waals surface area contributed by atoms with E-state index in [0.29, 0.717) is 13.2 Å². The minimum absolute atomic E-state index is 0.00437. The number of ether oxygens (including phenoxy) is 1. The Hall–Kier alpha value is -1.17. The summed E-state index contributed by atoms with van der Waals surface area (Å²) < 4.78 is 5.30. The maximum Gasteiger partial charge on any atom is 0.288 e. The predicted molar refractivity (Wildman–Crippen MR) is 59.7 cm³/mol. The number of hydrogen-bond donors (Lipinski definition) is 1. The molecule has 0 aliphatic carbocycles.